The molecule has 1 amide bonds. The van der Waals surface area contributed by atoms with Gasteiger partial charge in [-0.3, -0.25) is 9.78 Å². The molecule has 5 rings (SSSR count). The lowest BCUT2D eigenvalue weighted by Crippen LogP contribution is -2.38. The van der Waals surface area contributed by atoms with Gasteiger partial charge in [0.2, 0.25) is 20.0 Å². The number of nitrogens with one attached hydrogen (secondary N) is 1. The predicted octanol–water partition coefficient (Wildman–Crippen LogP) is 4.42. The fourth-order valence-corrected chi connectivity index (χ4v) is 8.38. The molecule has 1 aromatic heterocycles. The summed E-state index contributed by atoms with van der Waals surface area (Å²) >= 11 is 0. The molecular weight excluding hydrogens is 536 g/mol. The fourth-order valence-electron chi connectivity index (χ4n) is 5.18. The number of nitrogens with zero attached hydrogens (tertiary/aromatic N) is 3. The quantitative estimate of drug-likeness (QED) is 0.451. The molecule has 2 saturated heterocycles. The number of hydrogen-bond donors (Lipinski definition) is 1. The summed E-state index contributed by atoms with van der Waals surface area (Å²) in [6, 6.07) is 15.4. The number of rotatable bonds is 7. The Balaban J connectivity index is 1.27. The van der Waals surface area contributed by atoms with Crippen molar-refractivity contribution in [3.8, 4) is 0 Å². The molecule has 3 aromatic rings. The second-order valence-electron chi connectivity index (χ2n) is 9.88. The van der Waals surface area contributed by atoms with E-state index < -0.39 is 26.0 Å². The van der Waals surface area contributed by atoms with Gasteiger partial charge in [-0.05, 0) is 85.8 Å². The fraction of sp³-hybridized carbons (Fsp3) is 0.357. The third-order valence-corrected chi connectivity index (χ3v) is 11.1. The number of aromatic nitrogens is 1. The first-order chi connectivity index (χ1) is 18.8. The van der Waals surface area contributed by atoms with E-state index in [1.54, 1.807) is 28.8 Å². The van der Waals surface area contributed by atoms with Gasteiger partial charge >= 0.3 is 0 Å². The minimum atomic E-state index is -3.75. The first-order valence-electron chi connectivity index (χ1n) is 13.2. The number of benzene rings is 2. The van der Waals surface area contributed by atoms with Gasteiger partial charge < -0.3 is 5.32 Å². The number of amides is 1. The van der Waals surface area contributed by atoms with Gasteiger partial charge in [-0.1, -0.05) is 18.9 Å². The van der Waals surface area contributed by atoms with Crippen LogP contribution in [0.15, 0.2) is 82.8 Å². The van der Waals surface area contributed by atoms with E-state index in [9.17, 15) is 21.6 Å². The molecule has 0 radical (unpaired) electrons. The largest absolute Gasteiger partial charge is 0.322 e. The summed E-state index contributed by atoms with van der Waals surface area (Å²) in [5.74, 6) is -0.416. The van der Waals surface area contributed by atoms with Crippen LogP contribution in [0.25, 0.3) is 0 Å². The molecule has 2 fully saturated rings. The highest BCUT2D eigenvalue weighted by atomic mass is 32.2. The van der Waals surface area contributed by atoms with Gasteiger partial charge in [0.25, 0.3) is 5.91 Å². The summed E-state index contributed by atoms with van der Waals surface area (Å²) in [5, 5.41) is 2.76. The number of sulfonamides is 2. The minimum Gasteiger partial charge on any atom is -0.322 e. The molecule has 1 unspecified atom stereocenters. The zero-order valence-electron chi connectivity index (χ0n) is 21.6. The van der Waals surface area contributed by atoms with Crippen molar-refractivity contribution in [3.05, 3.63) is 84.2 Å². The number of anilines is 1. The van der Waals surface area contributed by atoms with Crippen LogP contribution in [0.4, 0.5) is 5.69 Å². The maximum Gasteiger partial charge on any atom is 0.255 e. The van der Waals surface area contributed by atoms with E-state index in [4.69, 9.17) is 0 Å². The van der Waals surface area contributed by atoms with E-state index >= 15 is 0 Å². The van der Waals surface area contributed by atoms with Gasteiger partial charge in [0.15, 0.2) is 0 Å². The van der Waals surface area contributed by atoms with Crippen LogP contribution >= 0.6 is 0 Å². The second kappa shape index (κ2) is 11.5. The lowest BCUT2D eigenvalue weighted by molar-refractivity contribution is 0.102. The molecule has 11 heteroatoms. The van der Waals surface area contributed by atoms with Gasteiger partial charge in [0.1, 0.15) is 0 Å². The molecule has 0 aliphatic carbocycles. The first kappa shape index (κ1) is 27.4. The van der Waals surface area contributed by atoms with Crippen LogP contribution in [-0.2, 0) is 20.0 Å². The minimum absolute atomic E-state index is 0.156. The Morgan fingerprint density at radius 3 is 2.08 bits per heavy atom. The van der Waals surface area contributed by atoms with Crippen molar-refractivity contribution in [1.82, 2.24) is 13.6 Å². The summed E-state index contributed by atoms with van der Waals surface area (Å²) in [6.07, 6.45) is 8.59. The predicted molar refractivity (Wildman–Crippen MR) is 148 cm³/mol. The smallest absolute Gasteiger partial charge is 0.255 e. The zero-order chi connectivity index (χ0) is 27.5. The monoisotopic (exact) mass is 568 g/mol. The van der Waals surface area contributed by atoms with Gasteiger partial charge in [-0.15, -0.1) is 0 Å². The van der Waals surface area contributed by atoms with Gasteiger partial charge in [0, 0.05) is 43.3 Å². The van der Waals surface area contributed by atoms with Gasteiger partial charge in [-0.2, -0.15) is 8.61 Å². The Hall–Kier alpha value is -3.12. The van der Waals surface area contributed by atoms with E-state index in [-0.39, 0.29) is 15.8 Å². The van der Waals surface area contributed by atoms with Crippen molar-refractivity contribution >= 4 is 31.6 Å². The molecule has 39 heavy (non-hydrogen) atoms. The number of piperidine rings is 2. The van der Waals surface area contributed by atoms with Crippen molar-refractivity contribution in [2.45, 2.75) is 54.4 Å². The van der Waals surface area contributed by atoms with E-state index in [0.717, 1.165) is 44.1 Å². The molecule has 2 aliphatic heterocycles. The molecule has 3 heterocycles. The van der Waals surface area contributed by atoms with Crippen LogP contribution in [-0.4, -0.2) is 56.0 Å². The van der Waals surface area contributed by atoms with E-state index in [1.807, 2.05) is 12.1 Å². The highest BCUT2D eigenvalue weighted by molar-refractivity contribution is 7.89. The zero-order valence-corrected chi connectivity index (χ0v) is 23.2. The Bertz CT molecular complexity index is 1500. The highest BCUT2D eigenvalue weighted by Gasteiger charge is 2.34. The number of carbonyl (C=O) groups is 1. The highest BCUT2D eigenvalue weighted by Crippen LogP contribution is 2.35. The van der Waals surface area contributed by atoms with Crippen molar-refractivity contribution in [3.63, 3.8) is 0 Å². The maximum absolute atomic E-state index is 13.5. The molecule has 0 bridgehead atoms. The maximum atomic E-state index is 13.5. The normalized spacial score (nSPS) is 19.4. The van der Waals surface area contributed by atoms with Crippen molar-refractivity contribution in [1.29, 1.82) is 0 Å². The lowest BCUT2D eigenvalue weighted by Gasteiger charge is -2.34. The average Bonchev–Trinajstić information content (AvgIpc) is 2.98. The average molecular weight is 569 g/mol. The van der Waals surface area contributed by atoms with E-state index in [0.29, 0.717) is 30.9 Å². The Kier molecular flexibility index (Phi) is 8.13. The summed E-state index contributed by atoms with van der Waals surface area (Å²) in [5.41, 5.74) is 1.61. The number of carbonyl (C=O) groups excluding carboxylic acids is 1. The van der Waals surface area contributed by atoms with Crippen LogP contribution < -0.4 is 5.32 Å². The molecule has 206 valence electrons. The lowest BCUT2D eigenvalue weighted by atomic mass is 9.99. The van der Waals surface area contributed by atoms with Gasteiger partial charge in [-0.25, -0.2) is 16.8 Å². The van der Waals surface area contributed by atoms with E-state index in [1.165, 1.54) is 40.7 Å². The molecule has 1 atom stereocenters. The standard InChI is InChI=1S/C28H32N4O5S2/c33-28(22-9-13-25(14-10-22)38(34,35)31-18-3-1-4-19-31)30-24-11-15-26(16-12-24)39(36,37)32-20-5-2-8-27(32)23-7-6-17-29-21-23/h6-7,9-17,21,27H,1-5,8,18-20H2,(H,30,33). The number of pyridine rings is 1. The first-order valence-corrected chi connectivity index (χ1v) is 16.1. The number of hydrogen-bond acceptors (Lipinski definition) is 6. The Labute approximate surface area is 230 Å². The summed E-state index contributed by atoms with van der Waals surface area (Å²) in [6.45, 7) is 1.46. The van der Waals surface area contributed by atoms with Crippen LogP contribution in [0, 0.1) is 0 Å². The summed E-state index contributed by atoms with van der Waals surface area (Å²) in [7, 11) is -7.33. The van der Waals surface area contributed by atoms with Crippen LogP contribution in [0.1, 0.15) is 60.5 Å². The van der Waals surface area contributed by atoms with Gasteiger partial charge in [0.05, 0.1) is 15.8 Å². The summed E-state index contributed by atoms with van der Waals surface area (Å²) < 4.78 is 55.8. The third kappa shape index (κ3) is 5.91. The third-order valence-electron chi connectivity index (χ3n) is 7.31. The van der Waals surface area contributed by atoms with E-state index in [2.05, 4.69) is 10.3 Å². The molecule has 2 aliphatic rings. The molecule has 1 N–H and O–H groups in total. The van der Waals surface area contributed by atoms with Crippen molar-refractivity contribution in [2.24, 2.45) is 0 Å². The second-order valence-corrected chi connectivity index (χ2v) is 13.7. The molecule has 0 saturated carbocycles. The Morgan fingerprint density at radius 2 is 1.41 bits per heavy atom. The Morgan fingerprint density at radius 1 is 0.769 bits per heavy atom. The van der Waals surface area contributed by atoms with Crippen LogP contribution in [0.2, 0.25) is 0 Å². The molecule has 2 aromatic carbocycles. The molecule has 9 nitrogen and oxygen atoms in total. The molecular formula is C28H32N4O5S2. The summed E-state index contributed by atoms with van der Waals surface area (Å²) in [4.78, 5) is 17.3. The SMILES string of the molecule is O=C(Nc1ccc(S(=O)(=O)N2CCCCC2c2cccnc2)cc1)c1ccc(S(=O)(=O)N2CCCCC2)cc1. The van der Waals surface area contributed by atoms with Crippen LogP contribution in [0.3, 0.4) is 0 Å². The molecule has 0 spiro atoms. The van der Waals surface area contributed by atoms with Crippen molar-refractivity contribution < 1.29 is 21.6 Å². The topological polar surface area (TPSA) is 117 Å². The van der Waals surface area contributed by atoms with Crippen LogP contribution in [0.5, 0.6) is 0 Å². The van der Waals surface area contributed by atoms with Crippen molar-refractivity contribution in [2.75, 3.05) is 25.0 Å².